The fraction of sp³-hybridized carbons (Fsp3) is 0.300. The smallest absolute Gasteiger partial charge is 0.250 e. The quantitative estimate of drug-likeness (QED) is 0.752. The van der Waals surface area contributed by atoms with E-state index in [4.69, 9.17) is 28.9 Å². The van der Waals surface area contributed by atoms with E-state index in [1.54, 1.807) is 30.3 Å². The van der Waals surface area contributed by atoms with Gasteiger partial charge in [-0.05, 0) is 29.8 Å². The Labute approximate surface area is 174 Å². The predicted molar refractivity (Wildman–Crippen MR) is 112 cm³/mol. The van der Waals surface area contributed by atoms with E-state index in [1.807, 2.05) is 12.1 Å². The lowest BCUT2D eigenvalue weighted by atomic mass is 10.1. The molecule has 0 atom stereocenters. The monoisotopic (exact) mass is 420 g/mol. The molecule has 2 amide bonds. The molecule has 3 rings (SSSR count). The van der Waals surface area contributed by atoms with E-state index < -0.39 is 5.91 Å². The lowest BCUT2D eigenvalue weighted by Crippen LogP contribution is -2.48. The molecule has 1 heterocycles. The van der Waals surface area contributed by atoms with Crippen molar-refractivity contribution in [1.82, 2.24) is 9.80 Å². The molecule has 0 saturated carbocycles. The summed E-state index contributed by atoms with van der Waals surface area (Å²) in [6.07, 6.45) is 0. The van der Waals surface area contributed by atoms with Gasteiger partial charge < -0.3 is 11.1 Å². The number of nitrogens with zero attached hydrogens (tertiary/aromatic N) is 2. The largest absolute Gasteiger partial charge is 0.366 e. The van der Waals surface area contributed by atoms with Gasteiger partial charge in [-0.3, -0.25) is 19.4 Å². The fourth-order valence-corrected chi connectivity index (χ4v) is 3.66. The van der Waals surface area contributed by atoms with E-state index in [-0.39, 0.29) is 12.5 Å². The fourth-order valence-electron chi connectivity index (χ4n) is 3.20. The van der Waals surface area contributed by atoms with E-state index in [0.717, 1.165) is 38.3 Å². The van der Waals surface area contributed by atoms with Crippen LogP contribution in [0.1, 0.15) is 15.9 Å². The number of nitrogens with two attached hydrogens (primary N) is 1. The molecule has 6 nitrogen and oxygen atoms in total. The Bertz CT molecular complexity index is 867. The van der Waals surface area contributed by atoms with Crippen molar-refractivity contribution in [1.29, 1.82) is 0 Å². The van der Waals surface area contributed by atoms with Crippen LogP contribution in [0.3, 0.4) is 0 Å². The molecule has 3 N–H and O–H groups in total. The van der Waals surface area contributed by atoms with Crippen molar-refractivity contribution in [2.45, 2.75) is 6.54 Å². The zero-order valence-electron chi connectivity index (χ0n) is 15.3. The summed E-state index contributed by atoms with van der Waals surface area (Å²) in [6, 6.07) is 12.3. The van der Waals surface area contributed by atoms with Gasteiger partial charge in [-0.1, -0.05) is 41.4 Å². The molecule has 28 heavy (non-hydrogen) atoms. The van der Waals surface area contributed by atoms with Crippen molar-refractivity contribution in [2.75, 3.05) is 38.0 Å². The van der Waals surface area contributed by atoms with Crippen LogP contribution in [0.5, 0.6) is 0 Å². The molecule has 148 valence electrons. The molecule has 8 heteroatoms. The van der Waals surface area contributed by atoms with Gasteiger partial charge in [0.25, 0.3) is 5.91 Å². The number of hydrogen-bond acceptors (Lipinski definition) is 4. The van der Waals surface area contributed by atoms with Gasteiger partial charge in [0.2, 0.25) is 5.91 Å². The number of hydrogen-bond donors (Lipinski definition) is 2. The molecule has 1 saturated heterocycles. The molecular formula is C20H22Cl2N4O2. The summed E-state index contributed by atoms with van der Waals surface area (Å²) in [7, 11) is 0. The van der Waals surface area contributed by atoms with Crippen LogP contribution in [-0.4, -0.2) is 54.3 Å². The zero-order chi connectivity index (χ0) is 20.1. The number of anilines is 1. The minimum absolute atomic E-state index is 0.164. The summed E-state index contributed by atoms with van der Waals surface area (Å²) in [5.41, 5.74) is 7.14. The number of primary amides is 1. The Hall–Kier alpha value is -2.12. The average Bonchev–Trinajstić information content (AvgIpc) is 2.65. The molecule has 1 fully saturated rings. The Morgan fingerprint density at radius 3 is 2.36 bits per heavy atom. The highest BCUT2D eigenvalue weighted by molar-refractivity contribution is 6.35. The Balaban J connectivity index is 1.49. The Morgan fingerprint density at radius 1 is 1.00 bits per heavy atom. The van der Waals surface area contributed by atoms with Gasteiger partial charge in [0, 0.05) is 42.8 Å². The van der Waals surface area contributed by atoms with Crippen molar-refractivity contribution >= 4 is 40.7 Å². The third-order valence-electron chi connectivity index (χ3n) is 4.71. The maximum absolute atomic E-state index is 12.4. The number of halogens is 2. The lowest BCUT2D eigenvalue weighted by molar-refractivity contribution is -0.117. The molecule has 0 radical (unpaired) electrons. The van der Waals surface area contributed by atoms with Crippen LogP contribution in [-0.2, 0) is 11.3 Å². The SMILES string of the molecule is NC(=O)c1ccccc1NC(=O)CN1CCN(Cc2ccc(Cl)cc2Cl)CC1. The first-order chi connectivity index (χ1) is 13.4. The van der Waals surface area contributed by atoms with E-state index in [0.29, 0.717) is 21.3 Å². The number of para-hydroxylation sites is 1. The van der Waals surface area contributed by atoms with Gasteiger partial charge in [0.05, 0.1) is 17.8 Å². The lowest BCUT2D eigenvalue weighted by Gasteiger charge is -2.34. The predicted octanol–water partition coefficient (Wildman–Crippen LogP) is 2.85. The summed E-state index contributed by atoms with van der Waals surface area (Å²) in [6.45, 7) is 4.24. The molecule has 0 unspecified atom stereocenters. The van der Waals surface area contributed by atoms with Gasteiger partial charge in [0.15, 0.2) is 0 Å². The summed E-state index contributed by atoms with van der Waals surface area (Å²) in [5, 5.41) is 4.07. The third-order valence-corrected chi connectivity index (χ3v) is 5.29. The summed E-state index contributed by atoms with van der Waals surface area (Å²) < 4.78 is 0. The van der Waals surface area contributed by atoms with Crippen LogP contribution < -0.4 is 11.1 Å². The number of nitrogens with one attached hydrogen (secondary N) is 1. The highest BCUT2D eigenvalue weighted by atomic mass is 35.5. The number of rotatable bonds is 6. The molecule has 0 spiro atoms. The second-order valence-corrected chi connectivity index (χ2v) is 7.59. The molecule has 2 aromatic rings. The van der Waals surface area contributed by atoms with Gasteiger partial charge in [-0.15, -0.1) is 0 Å². The maximum atomic E-state index is 12.4. The highest BCUT2D eigenvalue weighted by Gasteiger charge is 2.20. The standard InChI is InChI=1S/C20H22Cl2N4O2/c21-15-6-5-14(17(22)11-15)12-25-7-9-26(10-8-25)13-19(27)24-18-4-2-1-3-16(18)20(23)28/h1-6,11H,7-10,12-13H2,(H2,23,28)(H,24,27). The minimum atomic E-state index is -0.564. The summed E-state index contributed by atoms with van der Waals surface area (Å²) >= 11 is 12.2. The number of piperazine rings is 1. The number of carbonyl (C=O) groups is 2. The van der Waals surface area contributed by atoms with Crippen LogP contribution in [0, 0.1) is 0 Å². The molecular weight excluding hydrogens is 399 g/mol. The van der Waals surface area contributed by atoms with Crippen LogP contribution >= 0.6 is 23.2 Å². The van der Waals surface area contributed by atoms with Crippen molar-refractivity contribution in [3.8, 4) is 0 Å². The van der Waals surface area contributed by atoms with E-state index in [9.17, 15) is 9.59 Å². The normalized spacial score (nSPS) is 15.4. The average molecular weight is 421 g/mol. The maximum Gasteiger partial charge on any atom is 0.250 e. The molecule has 1 aliphatic heterocycles. The van der Waals surface area contributed by atoms with E-state index >= 15 is 0 Å². The van der Waals surface area contributed by atoms with Crippen molar-refractivity contribution < 1.29 is 9.59 Å². The summed E-state index contributed by atoms with van der Waals surface area (Å²) in [5.74, 6) is -0.728. The van der Waals surface area contributed by atoms with Crippen LogP contribution in [0.2, 0.25) is 10.0 Å². The van der Waals surface area contributed by atoms with E-state index in [2.05, 4.69) is 15.1 Å². The molecule has 0 aromatic heterocycles. The number of carbonyl (C=O) groups excluding carboxylic acids is 2. The second-order valence-electron chi connectivity index (χ2n) is 6.75. The highest BCUT2D eigenvalue weighted by Crippen LogP contribution is 2.22. The van der Waals surface area contributed by atoms with Crippen molar-refractivity contribution in [2.24, 2.45) is 5.73 Å². The van der Waals surface area contributed by atoms with Crippen LogP contribution in [0.4, 0.5) is 5.69 Å². The molecule has 1 aliphatic rings. The minimum Gasteiger partial charge on any atom is -0.366 e. The van der Waals surface area contributed by atoms with Gasteiger partial charge >= 0.3 is 0 Å². The van der Waals surface area contributed by atoms with Gasteiger partial charge in [0.1, 0.15) is 0 Å². The summed E-state index contributed by atoms with van der Waals surface area (Å²) in [4.78, 5) is 28.2. The first kappa shape index (κ1) is 20.6. The van der Waals surface area contributed by atoms with Crippen molar-refractivity contribution in [3.63, 3.8) is 0 Å². The van der Waals surface area contributed by atoms with E-state index in [1.165, 1.54) is 0 Å². The molecule has 0 bridgehead atoms. The molecule has 2 aromatic carbocycles. The Kier molecular flexibility index (Phi) is 6.91. The second kappa shape index (κ2) is 9.39. The third kappa shape index (κ3) is 5.45. The zero-order valence-corrected chi connectivity index (χ0v) is 16.8. The Morgan fingerprint density at radius 2 is 1.68 bits per heavy atom. The topological polar surface area (TPSA) is 78.7 Å². The van der Waals surface area contributed by atoms with Crippen LogP contribution in [0.15, 0.2) is 42.5 Å². The van der Waals surface area contributed by atoms with Crippen LogP contribution in [0.25, 0.3) is 0 Å². The van der Waals surface area contributed by atoms with Crippen molar-refractivity contribution in [3.05, 3.63) is 63.6 Å². The first-order valence-corrected chi connectivity index (χ1v) is 9.75. The van der Waals surface area contributed by atoms with Gasteiger partial charge in [-0.2, -0.15) is 0 Å². The molecule has 0 aliphatic carbocycles. The number of benzene rings is 2. The first-order valence-electron chi connectivity index (χ1n) is 8.99. The number of amides is 2. The van der Waals surface area contributed by atoms with Gasteiger partial charge in [-0.25, -0.2) is 0 Å².